The van der Waals surface area contributed by atoms with Gasteiger partial charge in [0.2, 0.25) is 5.91 Å². The molecule has 0 saturated carbocycles. The van der Waals surface area contributed by atoms with Crippen LogP contribution < -0.4 is 9.64 Å². The minimum Gasteiger partial charge on any atom is -0.406 e. The van der Waals surface area contributed by atoms with Gasteiger partial charge < -0.3 is 4.74 Å². The highest BCUT2D eigenvalue weighted by molar-refractivity contribution is 6.29. The standard InChI is InChI=1S/C14H11ClF3N3O2/c1-21(12-7-6-11(15)19-20-12)13(22)8-9-2-4-10(5-3-9)23-14(16,17)18/h2-7H,8H2,1H3. The molecule has 0 spiro atoms. The molecule has 0 atom stereocenters. The number of nitrogens with zero attached hydrogens (tertiary/aromatic N) is 3. The maximum absolute atomic E-state index is 12.1. The normalized spacial score (nSPS) is 11.2. The van der Waals surface area contributed by atoms with Crippen molar-refractivity contribution in [1.29, 1.82) is 0 Å². The van der Waals surface area contributed by atoms with Gasteiger partial charge in [-0.3, -0.25) is 9.69 Å². The second kappa shape index (κ2) is 6.82. The van der Waals surface area contributed by atoms with Crippen LogP contribution in [0.1, 0.15) is 5.56 Å². The predicted molar refractivity (Wildman–Crippen MR) is 77.3 cm³/mol. The number of hydrogen-bond acceptors (Lipinski definition) is 4. The number of aromatic nitrogens is 2. The number of anilines is 1. The van der Waals surface area contributed by atoms with E-state index in [2.05, 4.69) is 14.9 Å². The Labute approximate surface area is 134 Å². The van der Waals surface area contributed by atoms with E-state index in [4.69, 9.17) is 11.6 Å². The van der Waals surface area contributed by atoms with Crippen LogP contribution >= 0.6 is 11.6 Å². The van der Waals surface area contributed by atoms with Crippen LogP contribution in [0.3, 0.4) is 0 Å². The molecular weight excluding hydrogens is 335 g/mol. The third kappa shape index (κ3) is 5.10. The van der Waals surface area contributed by atoms with Crippen LogP contribution in [-0.4, -0.2) is 29.5 Å². The molecule has 1 heterocycles. The summed E-state index contributed by atoms with van der Waals surface area (Å²) >= 11 is 5.62. The molecule has 0 aliphatic heterocycles. The molecule has 0 unspecified atom stereocenters. The van der Waals surface area contributed by atoms with E-state index in [1.807, 2.05) is 0 Å². The largest absolute Gasteiger partial charge is 0.573 e. The van der Waals surface area contributed by atoms with E-state index in [0.29, 0.717) is 11.4 Å². The zero-order valence-electron chi connectivity index (χ0n) is 11.8. The summed E-state index contributed by atoms with van der Waals surface area (Å²) in [7, 11) is 1.52. The van der Waals surface area contributed by atoms with Crippen molar-refractivity contribution in [3.63, 3.8) is 0 Å². The van der Waals surface area contributed by atoms with Crippen molar-refractivity contribution >= 4 is 23.3 Å². The average molecular weight is 346 g/mol. The van der Waals surface area contributed by atoms with Crippen molar-refractivity contribution in [2.24, 2.45) is 0 Å². The summed E-state index contributed by atoms with van der Waals surface area (Å²) in [6, 6.07) is 8.11. The lowest BCUT2D eigenvalue weighted by Crippen LogP contribution is -2.28. The van der Waals surface area contributed by atoms with Gasteiger partial charge in [0.05, 0.1) is 6.42 Å². The molecule has 0 bridgehead atoms. The fraction of sp³-hybridized carbons (Fsp3) is 0.214. The number of alkyl halides is 3. The zero-order valence-corrected chi connectivity index (χ0v) is 12.6. The number of halogens is 4. The van der Waals surface area contributed by atoms with Gasteiger partial charge in [-0.15, -0.1) is 23.4 Å². The van der Waals surface area contributed by atoms with Gasteiger partial charge in [0.15, 0.2) is 11.0 Å². The summed E-state index contributed by atoms with van der Waals surface area (Å²) in [5, 5.41) is 7.61. The summed E-state index contributed by atoms with van der Waals surface area (Å²) in [5.74, 6) is -0.326. The number of hydrogen-bond donors (Lipinski definition) is 0. The fourth-order valence-corrected chi connectivity index (χ4v) is 1.82. The van der Waals surface area contributed by atoms with E-state index in [1.54, 1.807) is 0 Å². The van der Waals surface area contributed by atoms with Crippen molar-refractivity contribution in [3.05, 3.63) is 47.1 Å². The van der Waals surface area contributed by atoms with E-state index >= 15 is 0 Å². The third-order valence-electron chi connectivity index (χ3n) is 2.85. The average Bonchev–Trinajstić information content (AvgIpc) is 2.48. The molecule has 5 nitrogen and oxygen atoms in total. The quantitative estimate of drug-likeness (QED) is 0.853. The van der Waals surface area contributed by atoms with Crippen molar-refractivity contribution in [3.8, 4) is 5.75 Å². The highest BCUT2D eigenvalue weighted by atomic mass is 35.5. The second-order valence-corrected chi connectivity index (χ2v) is 4.92. The van der Waals surface area contributed by atoms with Crippen LogP contribution in [0.15, 0.2) is 36.4 Å². The number of likely N-dealkylation sites (N-methyl/N-ethyl adjacent to an activating group) is 1. The van der Waals surface area contributed by atoms with Gasteiger partial charge in [-0.25, -0.2) is 0 Å². The molecule has 1 aromatic carbocycles. The SMILES string of the molecule is CN(C(=O)Cc1ccc(OC(F)(F)F)cc1)c1ccc(Cl)nn1. The third-order valence-corrected chi connectivity index (χ3v) is 3.05. The van der Waals surface area contributed by atoms with E-state index in [9.17, 15) is 18.0 Å². The Hall–Kier alpha value is -2.35. The van der Waals surface area contributed by atoms with E-state index in [-0.39, 0.29) is 23.2 Å². The molecule has 23 heavy (non-hydrogen) atoms. The van der Waals surface area contributed by atoms with Gasteiger partial charge in [-0.1, -0.05) is 23.7 Å². The number of benzene rings is 1. The summed E-state index contributed by atoms with van der Waals surface area (Å²) in [6.07, 6.45) is -4.75. The highest BCUT2D eigenvalue weighted by Gasteiger charge is 2.31. The lowest BCUT2D eigenvalue weighted by atomic mass is 10.1. The first-order valence-corrected chi connectivity index (χ1v) is 6.73. The molecule has 0 aliphatic rings. The Balaban J connectivity index is 2.01. The maximum atomic E-state index is 12.1. The van der Waals surface area contributed by atoms with E-state index in [0.717, 1.165) is 12.1 Å². The Morgan fingerprint density at radius 3 is 2.35 bits per heavy atom. The number of carbonyl (C=O) groups is 1. The first-order valence-electron chi connectivity index (χ1n) is 6.35. The van der Waals surface area contributed by atoms with Crippen LogP contribution in [-0.2, 0) is 11.2 Å². The second-order valence-electron chi connectivity index (χ2n) is 4.54. The highest BCUT2D eigenvalue weighted by Crippen LogP contribution is 2.23. The first kappa shape index (κ1) is 17.0. The minimum atomic E-state index is -4.75. The first-order chi connectivity index (χ1) is 10.7. The van der Waals surface area contributed by atoms with Gasteiger partial charge >= 0.3 is 6.36 Å². The van der Waals surface area contributed by atoms with Crippen molar-refractivity contribution < 1.29 is 22.7 Å². The Kier molecular flexibility index (Phi) is 5.05. The molecule has 0 N–H and O–H groups in total. The lowest BCUT2D eigenvalue weighted by Gasteiger charge is -2.15. The van der Waals surface area contributed by atoms with Crippen LogP contribution in [0, 0.1) is 0 Å². The molecular formula is C14H11ClF3N3O2. The van der Waals surface area contributed by atoms with Gasteiger partial charge in [-0.05, 0) is 29.8 Å². The number of rotatable bonds is 4. The van der Waals surface area contributed by atoms with E-state index in [1.165, 1.54) is 36.2 Å². The Bertz CT molecular complexity index is 675. The van der Waals surface area contributed by atoms with Crippen LogP contribution in [0.5, 0.6) is 5.75 Å². The van der Waals surface area contributed by atoms with Gasteiger partial charge in [-0.2, -0.15) is 0 Å². The Morgan fingerprint density at radius 1 is 1.17 bits per heavy atom. The van der Waals surface area contributed by atoms with Crippen molar-refractivity contribution in [2.45, 2.75) is 12.8 Å². The number of amides is 1. The van der Waals surface area contributed by atoms with Crippen LogP contribution in [0.4, 0.5) is 19.0 Å². The molecule has 9 heteroatoms. The minimum absolute atomic E-state index is 0.00684. The smallest absolute Gasteiger partial charge is 0.406 e. The molecule has 122 valence electrons. The predicted octanol–water partition coefficient (Wildman–Crippen LogP) is 3.23. The molecule has 1 aromatic heterocycles. The molecule has 2 aromatic rings. The summed E-state index contributed by atoms with van der Waals surface area (Å²) in [5.41, 5.74) is 0.540. The summed E-state index contributed by atoms with van der Waals surface area (Å²) in [6.45, 7) is 0. The summed E-state index contributed by atoms with van der Waals surface area (Å²) in [4.78, 5) is 13.4. The topological polar surface area (TPSA) is 55.3 Å². The molecule has 0 aliphatic carbocycles. The van der Waals surface area contributed by atoms with Gasteiger partial charge in [0.25, 0.3) is 0 Å². The van der Waals surface area contributed by atoms with Gasteiger partial charge in [0.1, 0.15) is 5.75 Å². The monoisotopic (exact) mass is 345 g/mol. The number of carbonyl (C=O) groups excluding carboxylic acids is 1. The van der Waals surface area contributed by atoms with Gasteiger partial charge in [0, 0.05) is 7.05 Å². The van der Waals surface area contributed by atoms with Crippen LogP contribution in [0.25, 0.3) is 0 Å². The molecule has 0 saturated heterocycles. The zero-order chi connectivity index (χ0) is 17.0. The Morgan fingerprint density at radius 2 is 1.83 bits per heavy atom. The molecule has 0 radical (unpaired) electrons. The lowest BCUT2D eigenvalue weighted by molar-refractivity contribution is -0.274. The molecule has 1 amide bonds. The van der Waals surface area contributed by atoms with Crippen molar-refractivity contribution in [2.75, 3.05) is 11.9 Å². The molecule has 2 rings (SSSR count). The summed E-state index contributed by atoms with van der Waals surface area (Å²) < 4.78 is 40.0. The van der Waals surface area contributed by atoms with Crippen LogP contribution in [0.2, 0.25) is 5.15 Å². The fourth-order valence-electron chi connectivity index (χ4n) is 1.72. The van der Waals surface area contributed by atoms with E-state index < -0.39 is 6.36 Å². The van der Waals surface area contributed by atoms with Crippen molar-refractivity contribution in [1.82, 2.24) is 10.2 Å². The molecule has 0 fully saturated rings. The maximum Gasteiger partial charge on any atom is 0.573 e. The number of ether oxygens (including phenoxy) is 1.